The first-order valence-electron chi connectivity index (χ1n) is 7.94. The van der Waals surface area contributed by atoms with Crippen LogP contribution in [0.15, 0.2) is 16.9 Å². The van der Waals surface area contributed by atoms with E-state index in [2.05, 4.69) is 31.4 Å². The molecule has 2 heterocycles. The van der Waals surface area contributed by atoms with Gasteiger partial charge >= 0.3 is 6.18 Å². The summed E-state index contributed by atoms with van der Waals surface area (Å²) in [7, 11) is 1.52. The third-order valence-corrected chi connectivity index (χ3v) is 4.67. The normalized spacial score (nSPS) is 14.7. The number of ether oxygens (including phenoxy) is 1. The fraction of sp³-hybridized carbons (Fsp3) is 0.533. The number of aryl methyl sites for hydroxylation is 1. The van der Waals surface area contributed by atoms with Gasteiger partial charge in [0.1, 0.15) is 6.73 Å². The quantitative estimate of drug-likeness (QED) is 0.723. The fourth-order valence-corrected chi connectivity index (χ4v) is 3.45. The van der Waals surface area contributed by atoms with Crippen LogP contribution in [0.1, 0.15) is 36.6 Å². The predicted molar refractivity (Wildman–Crippen MR) is 89.4 cm³/mol. The average molecular weight is 436 g/mol. The molecule has 142 valence electrons. The van der Waals surface area contributed by atoms with Crippen molar-refractivity contribution in [3.8, 4) is 0 Å². The van der Waals surface area contributed by atoms with Gasteiger partial charge in [0.05, 0.1) is 34.8 Å². The molecule has 0 spiro atoms. The van der Waals surface area contributed by atoms with Crippen LogP contribution >= 0.6 is 15.9 Å². The van der Waals surface area contributed by atoms with Crippen molar-refractivity contribution in [2.75, 3.05) is 12.4 Å². The number of amides is 1. The summed E-state index contributed by atoms with van der Waals surface area (Å²) in [5, 5.41) is 10.3. The minimum atomic E-state index is -4.54. The van der Waals surface area contributed by atoms with Crippen molar-refractivity contribution in [1.29, 1.82) is 0 Å². The van der Waals surface area contributed by atoms with Gasteiger partial charge in [-0.3, -0.25) is 9.48 Å². The molecule has 2 aromatic heterocycles. The molecule has 0 radical (unpaired) electrons. The first kappa shape index (κ1) is 18.9. The smallest absolute Gasteiger partial charge is 0.362 e. The lowest BCUT2D eigenvalue weighted by molar-refractivity contribution is -0.142. The van der Waals surface area contributed by atoms with Gasteiger partial charge in [-0.1, -0.05) is 0 Å². The van der Waals surface area contributed by atoms with Crippen molar-refractivity contribution in [3.63, 3.8) is 0 Å². The summed E-state index contributed by atoms with van der Waals surface area (Å²) in [6, 6.07) is 0. The van der Waals surface area contributed by atoms with Crippen LogP contribution in [0.5, 0.6) is 0 Å². The maximum absolute atomic E-state index is 13.1. The first-order valence-corrected chi connectivity index (χ1v) is 8.73. The summed E-state index contributed by atoms with van der Waals surface area (Å²) in [5.74, 6) is -0.271. The van der Waals surface area contributed by atoms with E-state index < -0.39 is 11.9 Å². The summed E-state index contributed by atoms with van der Waals surface area (Å²) in [4.78, 5) is 12.1. The van der Waals surface area contributed by atoms with Gasteiger partial charge in [-0.15, -0.1) is 0 Å². The lowest BCUT2D eigenvalue weighted by Crippen LogP contribution is -2.16. The monoisotopic (exact) mass is 435 g/mol. The van der Waals surface area contributed by atoms with Gasteiger partial charge in [-0.2, -0.15) is 23.4 Å². The number of nitrogens with zero attached hydrogens (tertiary/aromatic N) is 4. The van der Waals surface area contributed by atoms with Crippen LogP contribution in [0, 0.1) is 0 Å². The Morgan fingerprint density at radius 3 is 2.81 bits per heavy atom. The molecule has 0 atom stereocenters. The van der Waals surface area contributed by atoms with Crippen molar-refractivity contribution in [2.24, 2.45) is 0 Å². The number of hydrogen-bond acceptors (Lipinski definition) is 4. The van der Waals surface area contributed by atoms with E-state index in [1.807, 2.05) is 0 Å². The lowest BCUT2D eigenvalue weighted by Gasteiger charge is -2.07. The van der Waals surface area contributed by atoms with E-state index in [0.29, 0.717) is 11.4 Å². The summed E-state index contributed by atoms with van der Waals surface area (Å²) in [5.41, 5.74) is 0.0609. The number of rotatable bonds is 7. The van der Waals surface area contributed by atoms with Gasteiger partial charge < -0.3 is 10.1 Å². The van der Waals surface area contributed by atoms with Gasteiger partial charge in [-0.25, -0.2) is 4.68 Å². The molecular formula is C15H17BrF3N5O2. The second-order valence-corrected chi connectivity index (χ2v) is 6.82. The Morgan fingerprint density at radius 1 is 1.46 bits per heavy atom. The Hall–Kier alpha value is -1.88. The standard InChI is InChI=1S/C15H17BrF3N5O2/c1-26-8-23-7-10(6-20-23)21-11(25)4-5-24-13(9-2-3-9)12(16)14(22-24)15(17,18)19/h6-7,9H,2-5,8H2,1H3,(H,21,25). The van der Waals surface area contributed by atoms with Crippen LogP contribution in [0.2, 0.25) is 0 Å². The van der Waals surface area contributed by atoms with E-state index in [-0.39, 0.29) is 36.0 Å². The fourth-order valence-electron chi connectivity index (χ4n) is 2.61. The molecule has 26 heavy (non-hydrogen) atoms. The highest BCUT2D eigenvalue weighted by Crippen LogP contribution is 2.47. The molecule has 3 rings (SSSR count). The molecule has 1 aliphatic carbocycles. The number of halogens is 4. The van der Waals surface area contributed by atoms with Gasteiger partial charge in [0.15, 0.2) is 5.69 Å². The number of methoxy groups -OCH3 is 1. The Balaban J connectivity index is 1.66. The minimum absolute atomic E-state index is 0.000590. The number of hydrogen-bond donors (Lipinski definition) is 1. The van der Waals surface area contributed by atoms with Gasteiger partial charge in [0, 0.05) is 19.4 Å². The van der Waals surface area contributed by atoms with E-state index in [1.54, 1.807) is 6.20 Å². The summed E-state index contributed by atoms with van der Waals surface area (Å²) in [6.45, 7) is 0.320. The molecule has 0 unspecified atom stereocenters. The Bertz CT molecular complexity index is 798. The Morgan fingerprint density at radius 2 is 2.19 bits per heavy atom. The van der Waals surface area contributed by atoms with Crippen LogP contribution in [0.4, 0.5) is 18.9 Å². The van der Waals surface area contributed by atoms with E-state index in [4.69, 9.17) is 4.74 Å². The van der Waals surface area contributed by atoms with Crippen molar-refractivity contribution < 1.29 is 22.7 Å². The predicted octanol–water partition coefficient (Wildman–Crippen LogP) is 3.37. The lowest BCUT2D eigenvalue weighted by atomic mass is 10.2. The Labute approximate surface area is 155 Å². The number of carbonyl (C=O) groups excluding carboxylic acids is 1. The van der Waals surface area contributed by atoms with Crippen molar-refractivity contribution >= 4 is 27.5 Å². The van der Waals surface area contributed by atoms with Crippen LogP contribution in [-0.2, 0) is 29.0 Å². The second-order valence-electron chi connectivity index (χ2n) is 6.03. The van der Waals surface area contributed by atoms with E-state index in [9.17, 15) is 18.0 Å². The van der Waals surface area contributed by atoms with Crippen LogP contribution < -0.4 is 5.32 Å². The zero-order valence-corrected chi connectivity index (χ0v) is 15.5. The van der Waals surface area contributed by atoms with Gasteiger partial charge in [0.2, 0.25) is 5.91 Å². The summed E-state index contributed by atoms with van der Waals surface area (Å²) < 4.78 is 46.9. The largest absolute Gasteiger partial charge is 0.436 e. The van der Waals surface area contributed by atoms with Gasteiger partial charge in [-0.05, 0) is 28.8 Å². The highest BCUT2D eigenvalue weighted by atomic mass is 79.9. The van der Waals surface area contributed by atoms with Crippen LogP contribution in [0.25, 0.3) is 0 Å². The third kappa shape index (κ3) is 4.26. The minimum Gasteiger partial charge on any atom is -0.362 e. The molecule has 0 aromatic carbocycles. The molecule has 11 heteroatoms. The molecule has 1 fully saturated rings. The highest BCUT2D eigenvalue weighted by molar-refractivity contribution is 9.10. The maximum Gasteiger partial charge on any atom is 0.436 e. The molecule has 0 aliphatic heterocycles. The van der Waals surface area contributed by atoms with Crippen LogP contribution in [-0.4, -0.2) is 32.6 Å². The zero-order chi connectivity index (χ0) is 18.9. The van der Waals surface area contributed by atoms with Crippen molar-refractivity contribution in [3.05, 3.63) is 28.3 Å². The van der Waals surface area contributed by atoms with E-state index >= 15 is 0 Å². The first-order chi connectivity index (χ1) is 12.3. The number of nitrogens with one attached hydrogen (secondary N) is 1. The molecule has 1 amide bonds. The van der Waals surface area contributed by atoms with E-state index in [1.165, 1.54) is 22.7 Å². The molecule has 0 bridgehead atoms. The molecule has 0 saturated heterocycles. The number of alkyl halides is 3. The van der Waals surface area contributed by atoms with E-state index in [0.717, 1.165) is 12.8 Å². The third-order valence-electron chi connectivity index (χ3n) is 3.89. The molecule has 2 aromatic rings. The zero-order valence-electron chi connectivity index (χ0n) is 13.9. The second kappa shape index (κ2) is 7.39. The summed E-state index contributed by atoms with van der Waals surface area (Å²) in [6.07, 6.45) is 0.188. The average Bonchev–Trinajstić information content (AvgIpc) is 3.19. The number of aromatic nitrogens is 4. The van der Waals surface area contributed by atoms with Gasteiger partial charge in [0.25, 0.3) is 0 Å². The topological polar surface area (TPSA) is 74.0 Å². The SMILES string of the molecule is COCn1cc(NC(=O)CCn2nc(C(F)(F)F)c(Br)c2C2CC2)cn1. The molecular weight excluding hydrogens is 419 g/mol. The highest BCUT2D eigenvalue weighted by Gasteiger charge is 2.41. The number of carbonyl (C=O) groups is 1. The molecule has 7 nitrogen and oxygen atoms in total. The van der Waals surface area contributed by atoms with Crippen molar-refractivity contribution in [2.45, 2.75) is 44.6 Å². The Kier molecular flexibility index (Phi) is 5.37. The number of anilines is 1. The molecule has 1 saturated carbocycles. The molecule has 1 N–H and O–H groups in total. The maximum atomic E-state index is 13.1. The molecule has 1 aliphatic rings. The van der Waals surface area contributed by atoms with Crippen molar-refractivity contribution in [1.82, 2.24) is 19.6 Å². The summed E-state index contributed by atoms with van der Waals surface area (Å²) >= 11 is 3.03. The van der Waals surface area contributed by atoms with Crippen LogP contribution in [0.3, 0.4) is 0 Å².